The van der Waals surface area contributed by atoms with E-state index in [1.165, 1.54) is 18.2 Å². The molecule has 0 amide bonds. The maximum Gasteiger partial charge on any atom is 0.337 e. The SMILES string of the molecule is Cc1cc(S(C)(=O)=O)ccc1Nc1c(C(=O)O)cc(Br)c(F)c1F. The van der Waals surface area contributed by atoms with Crippen molar-refractivity contribution in [2.24, 2.45) is 0 Å². The Morgan fingerprint density at radius 2 is 1.83 bits per heavy atom. The number of sulfone groups is 1. The van der Waals surface area contributed by atoms with Crippen molar-refractivity contribution in [1.82, 2.24) is 0 Å². The second-order valence-corrected chi connectivity index (χ2v) is 7.96. The van der Waals surface area contributed by atoms with Gasteiger partial charge in [0.15, 0.2) is 21.5 Å². The van der Waals surface area contributed by atoms with Gasteiger partial charge in [-0.25, -0.2) is 22.0 Å². The Morgan fingerprint density at radius 1 is 1.21 bits per heavy atom. The number of benzene rings is 2. The average Bonchev–Trinajstić information content (AvgIpc) is 2.47. The van der Waals surface area contributed by atoms with Crippen LogP contribution in [0.25, 0.3) is 0 Å². The van der Waals surface area contributed by atoms with E-state index in [-0.39, 0.29) is 15.1 Å². The summed E-state index contributed by atoms with van der Waals surface area (Å²) < 4.78 is 50.6. The number of hydrogen-bond donors (Lipinski definition) is 2. The minimum atomic E-state index is -3.42. The van der Waals surface area contributed by atoms with Gasteiger partial charge >= 0.3 is 5.97 Å². The summed E-state index contributed by atoms with van der Waals surface area (Å²) in [5.74, 6) is -4.02. The van der Waals surface area contributed by atoms with Crippen LogP contribution in [0.1, 0.15) is 15.9 Å². The van der Waals surface area contributed by atoms with Gasteiger partial charge in [0.1, 0.15) is 0 Å². The normalized spacial score (nSPS) is 11.4. The quantitative estimate of drug-likeness (QED) is 0.734. The van der Waals surface area contributed by atoms with Gasteiger partial charge in [0.2, 0.25) is 0 Å². The fraction of sp³-hybridized carbons (Fsp3) is 0.133. The van der Waals surface area contributed by atoms with E-state index in [1.807, 2.05) is 0 Å². The van der Waals surface area contributed by atoms with Crippen LogP contribution in [0.2, 0.25) is 0 Å². The van der Waals surface area contributed by atoms with Crippen molar-refractivity contribution >= 4 is 43.1 Å². The van der Waals surface area contributed by atoms with Crippen molar-refractivity contribution in [2.45, 2.75) is 11.8 Å². The molecule has 24 heavy (non-hydrogen) atoms. The van der Waals surface area contributed by atoms with Gasteiger partial charge in [-0.2, -0.15) is 0 Å². The Balaban J connectivity index is 2.56. The van der Waals surface area contributed by atoms with Gasteiger partial charge in [-0.1, -0.05) is 0 Å². The number of carboxylic acids is 1. The van der Waals surface area contributed by atoms with Crippen LogP contribution >= 0.6 is 15.9 Å². The van der Waals surface area contributed by atoms with Crippen LogP contribution in [0.5, 0.6) is 0 Å². The van der Waals surface area contributed by atoms with Gasteiger partial charge in [0, 0.05) is 11.9 Å². The van der Waals surface area contributed by atoms with Crippen LogP contribution in [0.3, 0.4) is 0 Å². The average molecular weight is 420 g/mol. The molecule has 0 spiro atoms. The summed E-state index contributed by atoms with van der Waals surface area (Å²) in [7, 11) is -3.42. The molecule has 0 unspecified atom stereocenters. The van der Waals surface area contributed by atoms with E-state index in [0.717, 1.165) is 12.3 Å². The van der Waals surface area contributed by atoms with E-state index in [9.17, 15) is 27.1 Å². The molecule has 0 aromatic heterocycles. The maximum atomic E-state index is 14.1. The third-order valence-electron chi connectivity index (χ3n) is 3.28. The first kappa shape index (κ1) is 18.3. The zero-order chi connectivity index (χ0) is 18.2. The lowest BCUT2D eigenvalue weighted by Gasteiger charge is -2.15. The Kier molecular flexibility index (Phi) is 4.95. The minimum absolute atomic E-state index is 0.0615. The Morgan fingerprint density at radius 3 is 2.33 bits per heavy atom. The van der Waals surface area contributed by atoms with E-state index >= 15 is 0 Å². The third kappa shape index (κ3) is 3.57. The van der Waals surface area contributed by atoms with Gasteiger partial charge in [0.25, 0.3) is 0 Å². The van der Waals surface area contributed by atoms with E-state index in [4.69, 9.17) is 0 Å². The van der Waals surface area contributed by atoms with Crippen molar-refractivity contribution in [3.05, 3.63) is 51.5 Å². The molecule has 0 atom stereocenters. The molecular weight excluding hydrogens is 408 g/mol. The molecule has 0 radical (unpaired) electrons. The summed E-state index contributed by atoms with van der Waals surface area (Å²) >= 11 is 2.76. The number of nitrogens with one attached hydrogen (secondary N) is 1. The molecule has 2 aromatic carbocycles. The van der Waals surface area contributed by atoms with Gasteiger partial charge in [-0.3, -0.25) is 0 Å². The smallest absolute Gasteiger partial charge is 0.337 e. The third-order valence-corrected chi connectivity index (χ3v) is 4.97. The highest BCUT2D eigenvalue weighted by Crippen LogP contribution is 2.32. The fourth-order valence-electron chi connectivity index (χ4n) is 2.03. The first-order valence-electron chi connectivity index (χ1n) is 6.51. The van der Waals surface area contributed by atoms with Gasteiger partial charge in [-0.05, 0) is 52.7 Å². The number of carboxylic acid groups (broad SMARTS) is 1. The Bertz CT molecular complexity index is 945. The molecule has 2 aromatic rings. The highest BCUT2D eigenvalue weighted by Gasteiger charge is 2.22. The highest BCUT2D eigenvalue weighted by molar-refractivity contribution is 9.10. The zero-order valence-corrected chi connectivity index (χ0v) is 14.9. The standard InChI is InChI=1S/C15H12BrF2NO4S/c1-7-5-8(24(2,22)23)3-4-11(7)19-14-9(15(20)21)6-10(16)12(17)13(14)18/h3-6,19H,1-2H3,(H,20,21). The number of carbonyl (C=O) groups is 1. The zero-order valence-electron chi connectivity index (χ0n) is 12.5. The van der Waals surface area contributed by atoms with E-state index in [2.05, 4.69) is 21.2 Å². The topological polar surface area (TPSA) is 83.5 Å². The van der Waals surface area contributed by atoms with Crippen molar-refractivity contribution in [2.75, 3.05) is 11.6 Å². The molecule has 0 aliphatic heterocycles. The lowest BCUT2D eigenvalue weighted by atomic mass is 10.1. The molecule has 9 heteroatoms. The molecule has 0 aliphatic carbocycles. The Hall–Kier alpha value is -2.00. The van der Waals surface area contributed by atoms with Crippen LogP contribution in [0.15, 0.2) is 33.6 Å². The number of aryl methyl sites for hydroxylation is 1. The van der Waals surface area contributed by atoms with E-state index < -0.39 is 38.7 Å². The predicted molar refractivity (Wildman–Crippen MR) is 88.6 cm³/mol. The monoisotopic (exact) mass is 419 g/mol. The number of halogens is 3. The summed E-state index contributed by atoms with van der Waals surface area (Å²) in [5, 5.41) is 11.7. The van der Waals surface area contributed by atoms with Crippen LogP contribution < -0.4 is 5.32 Å². The van der Waals surface area contributed by atoms with Crippen molar-refractivity contribution in [3.8, 4) is 0 Å². The summed E-state index contributed by atoms with van der Waals surface area (Å²) in [6.45, 7) is 1.56. The maximum absolute atomic E-state index is 14.1. The fourth-order valence-corrected chi connectivity index (χ4v) is 3.14. The predicted octanol–water partition coefficient (Wildman–Crippen LogP) is 3.88. The van der Waals surface area contributed by atoms with Crippen molar-refractivity contribution in [1.29, 1.82) is 0 Å². The molecule has 0 fully saturated rings. The van der Waals surface area contributed by atoms with Gasteiger partial charge in [0.05, 0.1) is 20.6 Å². The number of aromatic carboxylic acids is 1. The number of rotatable bonds is 4. The largest absolute Gasteiger partial charge is 0.478 e. The van der Waals surface area contributed by atoms with E-state index in [0.29, 0.717) is 5.56 Å². The summed E-state index contributed by atoms with van der Waals surface area (Å²) in [4.78, 5) is 11.3. The molecular formula is C15H12BrF2NO4S. The molecule has 2 rings (SSSR count). The summed E-state index contributed by atoms with van der Waals surface area (Å²) in [6.07, 6.45) is 1.04. The lowest BCUT2D eigenvalue weighted by Crippen LogP contribution is -2.08. The molecule has 128 valence electrons. The molecule has 0 heterocycles. The van der Waals surface area contributed by atoms with Crippen LogP contribution in [-0.2, 0) is 9.84 Å². The molecule has 0 aliphatic rings. The molecule has 0 saturated heterocycles. The van der Waals surface area contributed by atoms with Crippen molar-refractivity contribution < 1.29 is 27.1 Å². The van der Waals surface area contributed by atoms with Gasteiger partial charge < -0.3 is 10.4 Å². The van der Waals surface area contributed by atoms with Crippen LogP contribution in [-0.4, -0.2) is 25.7 Å². The van der Waals surface area contributed by atoms with E-state index in [1.54, 1.807) is 6.92 Å². The lowest BCUT2D eigenvalue weighted by molar-refractivity contribution is 0.0697. The Labute approximate surface area is 145 Å². The minimum Gasteiger partial charge on any atom is -0.478 e. The molecule has 5 nitrogen and oxygen atoms in total. The first-order chi connectivity index (χ1) is 11.0. The van der Waals surface area contributed by atoms with Gasteiger partial charge in [-0.15, -0.1) is 0 Å². The summed E-state index contributed by atoms with van der Waals surface area (Å²) in [6, 6.07) is 4.95. The first-order valence-corrected chi connectivity index (χ1v) is 9.19. The van der Waals surface area contributed by atoms with Crippen LogP contribution in [0, 0.1) is 18.6 Å². The molecule has 0 bridgehead atoms. The highest BCUT2D eigenvalue weighted by atomic mass is 79.9. The summed E-state index contributed by atoms with van der Waals surface area (Å²) in [5.41, 5.74) is -0.326. The molecule has 0 saturated carbocycles. The van der Waals surface area contributed by atoms with Crippen molar-refractivity contribution in [3.63, 3.8) is 0 Å². The second-order valence-electron chi connectivity index (χ2n) is 5.09. The number of anilines is 2. The number of hydrogen-bond acceptors (Lipinski definition) is 4. The second kappa shape index (κ2) is 6.48. The van der Waals surface area contributed by atoms with Crippen LogP contribution in [0.4, 0.5) is 20.2 Å². The molecule has 2 N–H and O–H groups in total.